The summed E-state index contributed by atoms with van der Waals surface area (Å²) in [5.41, 5.74) is 1.66. The van der Waals surface area contributed by atoms with Gasteiger partial charge in [0.05, 0.1) is 26.2 Å². The molecule has 11 heteroatoms. The normalized spacial score (nSPS) is 11.9. The van der Waals surface area contributed by atoms with Crippen LogP contribution in [-0.2, 0) is 26.9 Å². The Hall–Kier alpha value is -2.59. The molecule has 0 fully saturated rings. The van der Waals surface area contributed by atoms with Gasteiger partial charge in [0.25, 0.3) is 0 Å². The smallest absolute Gasteiger partial charge is 0.220 e. The molecule has 0 aliphatic carbocycles. The minimum absolute atomic E-state index is 0. The molecule has 9 N–H and O–H groups in total. The van der Waals surface area contributed by atoms with Gasteiger partial charge in [-0.2, -0.15) is 0 Å². The molecule has 1 unspecified atom stereocenters. The number of amides is 1. The number of carbonyl (C=O) groups is 1. The molecule has 0 aliphatic heterocycles. The summed E-state index contributed by atoms with van der Waals surface area (Å²) in [5, 5.41) is 2.84. The molecule has 1 heterocycles. The number of quaternary nitrogens is 2. The summed E-state index contributed by atoms with van der Waals surface area (Å²) in [5.74, 6) is 0.484. The van der Waals surface area contributed by atoms with Crippen molar-refractivity contribution in [2.75, 3.05) is 6.61 Å². The first-order valence-electron chi connectivity index (χ1n) is 15.6. The van der Waals surface area contributed by atoms with Crippen molar-refractivity contribution in [3.63, 3.8) is 0 Å². The second-order valence-corrected chi connectivity index (χ2v) is 12.0. The van der Waals surface area contributed by atoms with Crippen LogP contribution in [0.4, 0.5) is 0 Å². The molecule has 0 saturated carbocycles. The number of carbonyl (C=O) groups excluding carboxylic acids is 1. The number of pyridine rings is 1. The lowest BCUT2D eigenvalue weighted by Crippen LogP contribution is -2.40. The van der Waals surface area contributed by atoms with Crippen LogP contribution in [0.1, 0.15) is 108 Å². The van der Waals surface area contributed by atoms with E-state index in [2.05, 4.69) is 33.9 Å². The van der Waals surface area contributed by atoms with E-state index in [1.807, 2.05) is 30.3 Å². The number of phosphoric ester groups is 1. The molecule has 0 radical (unpaired) electrons. The molecule has 1 aromatic heterocycles. The molecule has 10 nitrogen and oxygen atoms in total. The second kappa shape index (κ2) is 25.7. The van der Waals surface area contributed by atoms with Crippen LogP contribution >= 0.6 is 7.82 Å². The number of ether oxygens (including phenoxy) is 1. The van der Waals surface area contributed by atoms with E-state index in [1.54, 1.807) is 18.3 Å². The van der Waals surface area contributed by atoms with Gasteiger partial charge in [-0.25, -0.2) is 0 Å². The third kappa shape index (κ3) is 22.0. The standard InChI is InChI=1S/C33H51N2O6P.2H3N/c1-2-3-4-5-6-7-8-9-10-11-12-13-14-15-16-20-33(36)35-31(28-41-42(37,38)39)26-29-21-23-32(24-22-29)40-27-30-19-17-18-25-34-30;;/h9-10,17-19,21-25,31H,2-8,11-16,20,26-28H2,1H3,(H,35,36)(H2,37,38,39);2*1H3. The summed E-state index contributed by atoms with van der Waals surface area (Å²) >= 11 is 0. The topological polar surface area (TPSA) is 197 Å². The van der Waals surface area contributed by atoms with E-state index >= 15 is 0 Å². The van der Waals surface area contributed by atoms with E-state index < -0.39 is 20.5 Å². The minimum atomic E-state index is -5.15. The highest BCUT2D eigenvalue weighted by Crippen LogP contribution is 2.25. The van der Waals surface area contributed by atoms with Crippen LogP contribution < -0.4 is 32.1 Å². The maximum atomic E-state index is 12.5. The van der Waals surface area contributed by atoms with Gasteiger partial charge >= 0.3 is 0 Å². The lowest BCUT2D eigenvalue weighted by Gasteiger charge is -2.31. The number of allylic oxidation sites excluding steroid dienone is 2. The number of hydrogen-bond donors (Lipinski definition) is 3. The summed E-state index contributed by atoms with van der Waals surface area (Å²) < 4.78 is 21.3. The highest BCUT2D eigenvalue weighted by atomic mass is 31.2. The van der Waals surface area contributed by atoms with E-state index in [4.69, 9.17) is 4.74 Å². The van der Waals surface area contributed by atoms with E-state index in [-0.39, 0.29) is 18.2 Å². The second-order valence-electron chi connectivity index (χ2n) is 10.8. The molecular weight excluding hydrogens is 579 g/mol. The first-order valence-corrected chi connectivity index (χ1v) is 17.0. The van der Waals surface area contributed by atoms with Gasteiger partial charge in [0.15, 0.2) is 0 Å². The number of unbranched alkanes of at least 4 members (excludes halogenated alkanes) is 11. The number of nitrogens with one attached hydrogen (secondary N) is 1. The van der Waals surface area contributed by atoms with Crippen LogP contribution in [0.2, 0.25) is 0 Å². The van der Waals surface area contributed by atoms with E-state index in [0.717, 1.165) is 49.8 Å². The van der Waals surface area contributed by atoms with Crippen molar-refractivity contribution < 1.29 is 28.4 Å². The largest absolute Gasteiger partial charge is 0.790 e. The van der Waals surface area contributed by atoms with Gasteiger partial charge in [0.1, 0.15) is 12.4 Å². The molecule has 0 bridgehead atoms. The monoisotopic (exact) mass is 636 g/mol. The highest BCUT2D eigenvalue weighted by molar-refractivity contribution is 7.43. The zero-order valence-corrected chi connectivity index (χ0v) is 28.1. The molecule has 2 aromatic rings. The number of aromatic nitrogens is 1. The number of nitrogens with zero attached hydrogens (tertiary/aromatic N) is 1. The summed E-state index contributed by atoms with van der Waals surface area (Å²) in [6.45, 7) is 2.18. The van der Waals surface area contributed by atoms with Crippen LogP contribution in [0.25, 0.3) is 0 Å². The van der Waals surface area contributed by atoms with Crippen molar-refractivity contribution in [3.8, 4) is 5.75 Å². The van der Waals surface area contributed by atoms with E-state index in [0.29, 0.717) is 25.2 Å². The van der Waals surface area contributed by atoms with Crippen molar-refractivity contribution in [3.05, 3.63) is 72.1 Å². The van der Waals surface area contributed by atoms with Crippen molar-refractivity contribution in [1.29, 1.82) is 0 Å². The maximum absolute atomic E-state index is 12.5. The molecule has 1 amide bonds. The number of rotatable bonds is 24. The summed E-state index contributed by atoms with van der Waals surface area (Å²) in [6, 6.07) is 12.3. The number of benzene rings is 1. The van der Waals surface area contributed by atoms with Gasteiger partial charge in [-0.3, -0.25) is 9.78 Å². The van der Waals surface area contributed by atoms with Crippen LogP contribution in [0, 0.1) is 0 Å². The number of hydrogen-bond acceptors (Lipinski definition) is 7. The zero-order valence-electron chi connectivity index (χ0n) is 27.2. The Labute approximate surface area is 264 Å². The molecular formula is C33H57N4O6P. The Morgan fingerprint density at radius 2 is 1.50 bits per heavy atom. The van der Waals surface area contributed by atoms with Crippen molar-refractivity contribution in [2.24, 2.45) is 0 Å². The Morgan fingerprint density at radius 1 is 0.886 bits per heavy atom. The Balaban J connectivity index is 0.00000924. The minimum Gasteiger partial charge on any atom is -0.790 e. The summed E-state index contributed by atoms with van der Waals surface area (Å²) in [7, 11) is -5.15. The highest BCUT2D eigenvalue weighted by Gasteiger charge is 2.15. The van der Waals surface area contributed by atoms with Gasteiger partial charge < -0.3 is 41.2 Å². The van der Waals surface area contributed by atoms with Crippen molar-refractivity contribution >= 4 is 13.7 Å². The predicted molar refractivity (Wildman–Crippen MR) is 176 cm³/mol. The lowest BCUT2D eigenvalue weighted by atomic mass is 10.1. The van der Waals surface area contributed by atoms with Gasteiger partial charge in [0.2, 0.25) is 5.91 Å². The fraction of sp³-hybridized carbons (Fsp3) is 0.576. The molecule has 250 valence electrons. The first-order chi connectivity index (χ1) is 20.4. The zero-order chi connectivity index (χ0) is 30.3. The molecule has 0 spiro atoms. The number of phosphoric acid groups is 1. The van der Waals surface area contributed by atoms with Crippen LogP contribution in [0.15, 0.2) is 60.8 Å². The third-order valence-electron chi connectivity index (χ3n) is 6.98. The molecule has 2 rings (SSSR count). The Kier molecular flexibility index (Phi) is 24.2. The fourth-order valence-corrected chi connectivity index (χ4v) is 5.00. The molecule has 1 atom stereocenters. The lowest BCUT2D eigenvalue weighted by molar-refractivity contribution is -0.342. The molecule has 0 saturated heterocycles. The van der Waals surface area contributed by atoms with Crippen LogP contribution in [-0.4, -0.2) is 23.5 Å². The van der Waals surface area contributed by atoms with Gasteiger partial charge in [-0.1, -0.05) is 88.6 Å². The fourth-order valence-electron chi connectivity index (χ4n) is 4.64. The predicted octanol–water partition coefficient (Wildman–Crippen LogP) is 7.32. The third-order valence-corrected chi connectivity index (χ3v) is 7.45. The maximum Gasteiger partial charge on any atom is 0.220 e. The van der Waals surface area contributed by atoms with Gasteiger partial charge in [0, 0.05) is 12.6 Å². The Bertz CT molecular complexity index is 1050. The summed E-state index contributed by atoms with van der Waals surface area (Å²) in [4.78, 5) is 38.9. The van der Waals surface area contributed by atoms with Crippen LogP contribution in [0.3, 0.4) is 0 Å². The van der Waals surface area contributed by atoms with Crippen LogP contribution in [0.5, 0.6) is 5.75 Å². The van der Waals surface area contributed by atoms with Crippen molar-refractivity contribution in [1.82, 2.24) is 22.6 Å². The molecule has 44 heavy (non-hydrogen) atoms. The Morgan fingerprint density at radius 3 is 2.09 bits per heavy atom. The molecule has 1 aromatic carbocycles. The summed E-state index contributed by atoms with van der Waals surface area (Å²) in [6.07, 6.45) is 22.4. The van der Waals surface area contributed by atoms with E-state index in [9.17, 15) is 19.1 Å². The van der Waals surface area contributed by atoms with Crippen molar-refractivity contribution in [2.45, 2.75) is 116 Å². The average Bonchev–Trinajstić information content (AvgIpc) is 2.97. The van der Waals surface area contributed by atoms with E-state index in [1.165, 1.54) is 44.9 Å². The van der Waals surface area contributed by atoms with Gasteiger partial charge in [-0.15, -0.1) is 0 Å². The van der Waals surface area contributed by atoms with Gasteiger partial charge in [-0.05, 0) is 68.4 Å². The average molecular weight is 637 g/mol. The molecule has 0 aliphatic rings. The first kappa shape index (κ1) is 41.4. The quantitative estimate of drug-likeness (QED) is 0.0609. The SMILES string of the molecule is CCCCCCCCC=CCCCCCCCC(=O)NC(COP(=O)([O-])[O-])Cc1ccc(OCc2ccccn2)cc1.[NH4+].[NH4+].